The third kappa shape index (κ3) is 5.38. The Bertz CT molecular complexity index is 1080. The molecule has 0 saturated carbocycles. The highest BCUT2D eigenvalue weighted by molar-refractivity contribution is 5.79. The van der Waals surface area contributed by atoms with Gasteiger partial charge in [0.15, 0.2) is 5.96 Å². The Labute approximate surface area is 188 Å². The van der Waals surface area contributed by atoms with E-state index in [1.807, 2.05) is 61.6 Å². The molecule has 0 aliphatic heterocycles. The van der Waals surface area contributed by atoms with Gasteiger partial charge in [-0.05, 0) is 42.7 Å². The first-order chi connectivity index (χ1) is 15.6. The molecule has 0 bridgehead atoms. The first-order valence-corrected chi connectivity index (χ1v) is 10.4. The average Bonchev–Trinajstić information content (AvgIpc) is 3.15. The number of anilines is 1. The van der Waals surface area contributed by atoms with E-state index in [1.54, 1.807) is 18.8 Å². The Kier molecular flexibility index (Phi) is 7.70. The summed E-state index contributed by atoms with van der Waals surface area (Å²) in [5, 5.41) is 17.5. The van der Waals surface area contributed by atoms with Crippen molar-refractivity contribution in [3.63, 3.8) is 0 Å². The van der Waals surface area contributed by atoms with E-state index >= 15 is 0 Å². The summed E-state index contributed by atoms with van der Waals surface area (Å²) in [7, 11) is 5.42. The summed E-state index contributed by atoms with van der Waals surface area (Å²) in [6, 6.07) is 19.8. The topological polar surface area (TPSA) is 104 Å². The fraction of sp³-hybridized carbons (Fsp3) is 0.292. The van der Waals surface area contributed by atoms with Crippen molar-refractivity contribution in [1.82, 2.24) is 20.0 Å². The van der Waals surface area contributed by atoms with Crippen molar-refractivity contribution >= 4 is 11.8 Å². The van der Waals surface area contributed by atoms with Gasteiger partial charge < -0.3 is 20.7 Å². The summed E-state index contributed by atoms with van der Waals surface area (Å²) in [5.74, 6) is 2.01. The molecule has 0 radical (unpaired) electrons. The average molecular weight is 432 g/mol. The van der Waals surface area contributed by atoms with Crippen LogP contribution in [0.3, 0.4) is 0 Å². The summed E-state index contributed by atoms with van der Waals surface area (Å²) in [6.07, 6.45) is 1.43. The second-order valence-corrected chi connectivity index (χ2v) is 7.35. The van der Waals surface area contributed by atoms with Crippen LogP contribution in [0.5, 0.6) is 5.75 Å². The van der Waals surface area contributed by atoms with E-state index in [0.29, 0.717) is 30.0 Å². The molecule has 0 fully saturated rings. The summed E-state index contributed by atoms with van der Waals surface area (Å²) in [4.78, 5) is 6.43. The van der Waals surface area contributed by atoms with E-state index in [2.05, 4.69) is 26.4 Å². The number of methoxy groups -OCH3 is 1. The molecule has 0 unspecified atom stereocenters. The van der Waals surface area contributed by atoms with Crippen LogP contribution in [0.15, 0.2) is 59.6 Å². The number of nitrogens with zero attached hydrogens (tertiary/aromatic N) is 5. The predicted octanol–water partition coefficient (Wildman–Crippen LogP) is 2.97. The van der Waals surface area contributed by atoms with Crippen LogP contribution < -0.4 is 15.8 Å². The van der Waals surface area contributed by atoms with Gasteiger partial charge >= 0.3 is 0 Å². The van der Waals surface area contributed by atoms with Crippen molar-refractivity contribution in [2.24, 2.45) is 4.99 Å². The third-order valence-electron chi connectivity index (χ3n) is 5.13. The Morgan fingerprint density at radius 1 is 1.22 bits per heavy atom. The molecule has 0 spiro atoms. The highest BCUT2D eigenvalue weighted by Crippen LogP contribution is 2.21. The van der Waals surface area contributed by atoms with Gasteiger partial charge in [-0.1, -0.05) is 30.3 Å². The molecule has 1 aromatic heterocycles. The van der Waals surface area contributed by atoms with Gasteiger partial charge in [-0.25, -0.2) is 4.68 Å². The van der Waals surface area contributed by atoms with E-state index in [4.69, 9.17) is 10.5 Å². The molecule has 0 atom stereocenters. The van der Waals surface area contributed by atoms with Crippen LogP contribution in [0.25, 0.3) is 5.69 Å². The second kappa shape index (κ2) is 10.9. The minimum absolute atomic E-state index is 0.372. The molecular weight excluding hydrogens is 402 g/mol. The molecule has 3 aromatic rings. The lowest BCUT2D eigenvalue weighted by Crippen LogP contribution is -2.39. The van der Waals surface area contributed by atoms with Gasteiger partial charge in [0.2, 0.25) is 0 Å². The van der Waals surface area contributed by atoms with E-state index in [9.17, 15) is 5.26 Å². The van der Waals surface area contributed by atoms with Crippen molar-refractivity contribution < 1.29 is 4.74 Å². The highest BCUT2D eigenvalue weighted by Gasteiger charge is 2.16. The molecule has 8 nitrogen and oxygen atoms in total. The lowest BCUT2D eigenvalue weighted by molar-refractivity contribution is 0.414. The first kappa shape index (κ1) is 22.7. The zero-order valence-corrected chi connectivity index (χ0v) is 18.7. The molecule has 2 aromatic carbocycles. The maximum Gasteiger partial charge on any atom is 0.193 e. The van der Waals surface area contributed by atoms with Crippen molar-refractivity contribution in [3.05, 3.63) is 71.4 Å². The van der Waals surface area contributed by atoms with Crippen LogP contribution in [0.1, 0.15) is 23.2 Å². The van der Waals surface area contributed by atoms with Crippen LogP contribution in [-0.4, -0.2) is 48.4 Å². The number of aliphatic imine (C=N–C) groups is 1. The molecule has 1 heterocycles. The molecule has 0 saturated heterocycles. The van der Waals surface area contributed by atoms with E-state index in [-0.39, 0.29) is 0 Å². The molecule has 0 aliphatic rings. The zero-order chi connectivity index (χ0) is 22.9. The Hall–Kier alpha value is -3.99. The van der Waals surface area contributed by atoms with Crippen LogP contribution in [0.4, 0.5) is 5.82 Å². The van der Waals surface area contributed by atoms with Crippen molar-refractivity contribution in [2.45, 2.75) is 19.4 Å². The number of nitrogens with two attached hydrogens (primary N) is 1. The van der Waals surface area contributed by atoms with Crippen LogP contribution in [0.2, 0.25) is 0 Å². The summed E-state index contributed by atoms with van der Waals surface area (Å²) in [6.45, 7) is 1.42. The monoisotopic (exact) mass is 431 g/mol. The molecular formula is C24H29N7O. The predicted molar refractivity (Wildman–Crippen MR) is 127 cm³/mol. The molecule has 0 aliphatic carbocycles. The van der Waals surface area contributed by atoms with E-state index in [1.165, 1.54) is 0 Å². The Balaban J connectivity index is 1.56. The Morgan fingerprint density at radius 3 is 2.56 bits per heavy atom. The quantitative estimate of drug-likeness (QED) is 0.323. The van der Waals surface area contributed by atoms with Gasteiger partial charge in [0.25, 0.3) is 0 Å². The number of aromatic nitrogens is 2. The highest BCUT2D eigenvalue weighted by atomic mass is 16.5. The van der Waals surface area contributed by atoms with Gasteiger partial charge in [0, 0.05) is 27.2 Å². The Morgan fingerprint density at radius 2 is 1.94 bits per heavy atom. The lowest BCUT2D eigenvalue weighted by atomic mass is 10.1. The molecule has 0 amide bonds. The van der Waals surface area contributed by atoms with E-state index < -0.39 is 0 Å². The maximum atomic E-state index is 9.56. The van der Waals surface area contributed by atoms with Crippen LogP contribution in [-0.2, 0) is 13.0 Å². The number of hydrogen-bond acceptors (Lipinski definition) is 5. The molecule has 32 heavy (non-hydrogen) atoms. The van der Waals surface area contributed by atoms with Crippen LogP contribution in [0, 0.1) is 11.3 Å². The standard InChI is InChI=1S/C24H29N7O/c1-27-24(30(2)17-18-11-13-20(32-3)14-12-18)28-15-7-10-22-21(16-25)23(26)31(29-22)19-8-5-4-6-9-19/h4-6,8-9,11-14H,7,10,15,17,26H2,1-3H3,(H,27,28). The number of nitriles is 1. The summed E-state index contributed by atoms with van der Waals surface area (Å²) in [5.41, 5.74) is 9.33. The van der Waals surface area contributed by atoms with Crippen molar-refractivity contribution in [2.75, 3.05) is 33.5 Å². The van der Waals surface area contributed by atoms with Gasteiger partial charge in [-0.15, -0.1) is 0 Å². The number of para-hydroxylation sites is 1. The number of guanidine groups is 1. The lowest BCUT2D eigenvalue weighted by Gasteiger charge is -2.22. The number of benzene rings is 2. The second-order valence-electron chi connectivity index (χ2n) is 7.35. The number of nitrogen functional groups attached to an aromatic ring is 1. The smallest absolute Gasteiger partial charge is 0.193 e. The van der Waals surface area contributed by atoms with E-state index in [0.717, 1.165) is 35.9 Å². The van der Waals surface area contributed by atoms with Gasteiger partial charge in [0.05, 0.1) is 18.5 Å². The fourth-order valence-electron chi connectivity index (χ4n) is 3.46. The zero-order valence-electron chi connectivity index (χ0n) is 18.7. The molecule has 3 rings (SSSR count). The molecule has 3 N–H and O–H groups in total. The fourth-order valence-corrected chi connectivity index (χ4v) is 3.46. The summed E-state index contributed by atoms with van der Waals surface area (Å²) >= 11 is 0. The largest absolute Gasteiger partial charge is 0.497 e. The number of hydrogen-bond donors (Lipinski definition) is 2. The minimum Gasteiger partial charge on any atom is -0.497 e. The SMILES string of the molecule is CN=C(NCCCc1nn(-c2ccccc2)c(N)c1C#N)N(C)Cc1ccc(OC)cc1. The van der Waals surface area contributed by atoms with Crippen molar-refractivity contribution in [3.8, 4) is 17.5 Å². The molecule has 8 heteroatoms. The minimum atomic E-state index is 0.372. The summed E-state index contributed by atoms with van der Waals surface area (Å²) < 4.78 is 6.84. The number of nitrogens with one attached hydrogen (secondary N) is 1. The number of aryl methyl sites for hydroxylation is 1. The van der Waals surface area contributed by atoms with Gasteiger partial charge in [-0.3, -0.25) is 4.99 Å². The van der Waals surface area contributed by atoms with Crippen LogP contribution >= 0.6 is 0 Å². The van der Waals surface area contributed by atoms with Gasteiger partial charge in [0.1, 0.15) is 23.2 Å². The normalized spacial score (nSPS) is 11.1. The molecule has 166 valence electrons. The number of ether oxygens (including phenoxy) is 1. The number of rotatable bonds is 8. The maximum absolute atomic E-state index is 9.56. The van der Waals surface area contributed by atoms with Crippen molar-refractivity contribution in [1.29, 1.82) is 5.26 Å². The van der Waals surface area contributed by atoms with Gasteiger partial charge in [-0.2, -0.15) is 10.4 Å². The third-order valence-corrected chi connectivity index (χ3v) is 5.13. The first-order valence-electron chi connectivity index (χ1n) is 10.4.